The van der Waals surface area contributed by atoms with Gasteiger partial charge in [-0.25, -0.2) is 8.78 Å². The van der Waals surface area contributed by atoms with Crippen molar-refractivity contribution in [1.29, 1.82) is 0 Å². The Morgan fingerprint density at radius 3 is 2.15 bits per heavy atom. The third-order valence-electron chi connectivity index (χ3n) is 1.96. The predicted octanol–water partition coefficient (Wildman–Crippen LogP) is 0.363. The van der Waals surface area contributed by atoms with Gasteiger partial charge in [0.2, 0.25) is 0 Å². The molecule has 0 bridgehead atoms. The van der Waals surface area contributed by atoms with E-state index in [0.29, 0.717) is 0 Å². The molecule has 1 atom stereocenters. The van der Waals surface area contributed by atoms with E-state index in [0.717, 1.165) is 0 Å². The minimum absolute atomic E-state index is 0.454. The highest BCUT2D eigenvalue weighted by Gasteiger charge is 2.30. The Labute approximate surface area is 76.8 Å². The maximum Gasteiger partial charge on any atom is 0.282 e. The molecular formula is C8H17F2NO2. The summed E-state index contributed by atoms with van der Waals surface area (Å²) in [6, 6.07) is -0.454. The molecule has 0 heterocycles. The van der Waals surface area contributed by atoms with E-state index >= 15 is 0 Å². The average molecular weight is 197 g/mol. The molecular weight excluding hydrogens is 180 g/mol. The second-order valence-electron chi connectivity index (χ2n) is 3.77. The van der Waals surface area contributed by atoms with Gasteiger partial charge in [0.25, 0.3) is 5.92 Å². The number of aliphatic hydroxyl groups is 2. The molecule has 0 aromatic heterocycles. The molecule has 3 nitrogen and oxygen atoms in total. The molecule has 0 saturated carbocycles. The van der Waals surface area contributed by atoms with Crippen molar-refractivity contribution in [2.75, 3.05) is 13.2 Å². The molecule has 0 aromatic rings. The lowest BCUT2D eigenvalue weighted by molar-refractivity contribution is -0.0557. The summed E-state index contributed by atoms with van der Waals surface area (Å²) in [5, 5.41) is 20.1. The fourth-order valence-electron chi connectivity index (χ4n) is 0.608. The normalized spacial score (nSPS) is 15.9. The fraction of sp³-hybridized carbons (Fsp3) is 1.00. The van der Waals surface area contributed by atoms with Gasteiger partial charge in [0, 0.05) is 6.04 Å². The zero-order valence-corrected chi connectivity index (χ0v) is 8.14. The molecule has 1 unspecified atom stereocenters. The van der Waals surface area contributed by atoms with Crippen LogP contribution in [0, 0.1) is 0 Å². The first-order valence-corrected chi connectivity index (χ1v) is 4.13. The first kappa shape index (κ1) is 12.7. The van der Waals surface area contributed by atoms with Crippen molar-refractivity contribution in [2.24, 2.45) is 0 Å². The number of hydrogen-bond acceptors (Lipinski definition) is 3. The van der Waals surface area contributed by atoms with E-state index in [1.807, 2.05) is 0 Å². The summed E-state index contributed by atoms with van der Waals surface area (Å²) in [6.45, 7) is 2.85. The molecule has 0 saturated heterocycles. The van der Waals surface area contributed by atoms with E-state index in [2.05, 4.69) is 5.32 Å². The van der Waals surface area contributed by atoms with E-state index in [1.54, 1.807) is 6.92 Å². The van der Waals surface area contributed by atoms with Gasteiger partial charge in [-0.3, -0.25) is 0 Å². The first-order chi connectivity index (χ1) is 5.69. The maximum atomic E-state index is 12.5. The van der Waals surface area contributed by atoms with Crippen LogP contribution in [0.3, 0.4) is 0 Å². The summed E-state index contributed by atoms with van der Waals surface area (Å²) >= 11 is 0. The summed E-state index contributed by atoms with van der Waals surface area (Å²) in [7, 11) is 0. The van der Waals surface area contributed by atoms with Crippen molar-refractivity contribution in [1.82, 2.24) is 5.32 Å². The predicted molar refractivity (Wildman–Crippen MR) is 45.8 cm³/mol. The minimum Gasteiger partial charge on any atom is -0.390 e. The van der Waals surface area contributed by atoms with Crippen LogP contribution in [0.4, 0.5) is 8.78 Å². The Hall–Kier alpha value is -0.260. The van der Waals surface area contributed by atoms with Crippen LogP contribution in [-0.4, -0.2) is 40.9 Å². The zero-order chi connectivity index (χ0) is 10.7. The largest absolute Gasteiger partial charge is 0.390 e. The molecule has 0 aromatic carbocycles. The summed E-state index contributed by atoms with van der Waals surface area (Å²) in [5.41, 5.74) is -1.05. The van der Waals surface area contributed by atoms with Crippen molar-refractivity contribution in [3.8, 4) is 0 Å². The van der Waals surface area contributed by atoms with Crippen LogP contribution >= 0.6 is 0 Å². The number of halogens is 2. The maximum absolute atomic E-state index is 12.5. The van der Waals surface area contributed by atoms with E-state index in [1.165, 1.54) is 13.8 Å². The second kappa shape index (κ2) is 4.30. The SMILES string of the molecule is CC(NCC(F)(F)CO)C(C)(C)O. The van der Waals surface area contributed by atoms with Crippen LogP contribution in [0.5, 0.6) is 0 Å². The molecule has 0 fully saturated rings. The van der Waals surface area contributed by atoms with Crippen molar-refractivity contribution in [3.63, 3.8) is 0 Å². The Balaban J connectivity index is 3.90. The smallest absolute Gasteiger partial charge is 0.282 e. The molecule has 0 aliphatic heterocycles. The van der Waals surface area contributed by atoms with Crippen molar-refractivity contribution < 1.29 is 19.0 Å². The van der Waals surface area contributed by atoms with Crippen LogP contribution in [0.25, 0.3) is 0 Å². The number of aliphatic hydroxyl groups excluding tert-OH is 1. The molecule has 0 amide bonds. The Morgan fingerprint density at radius 1 is 1.38 bits per heavy atom. The molecule has 0 radical (unpaired) electrons. The van der Waals surface area contributed by atoms with Crippen LogP contribution in [0.15, 0.2) is 0 Å². The number of nitrogens with one attached hydrogen (secondary N) is 1. The first-order valence-electron chi connectivity index (χ1n) is 4.13. The number of hydrogen-bond donors (Lipinski definition) is 3. The highest BCUT2D eigenvalue weighted by molar-refractivity contribution is 4.81. The monoisotopic (exact) mass is 197 g/mol. The van der Waals surface area contributed by atoms with E-state index in [4.69, 9.17) is 5.11 Å². The summed E-state index contributed by atoms with van der Waals surface area (Å²) in [5.74, 6) is -3.13. The van der Waals surface area contributed by atoms with Crippen molar-refractivity contribution in [3.05, 3.63) is 0 Å². The lowest BCUT2D eigenvalue weighted by Gasteiger charge is -2.28. The molecule has 5 heteroatoms. The summed E-state index contributed by atoms with van der Waals surface area (Å²) < 4.78 is 25.0. The topological polar surface area (TPSA) is 52.5 Å². The minimum atomic E-state index is -3.13. The molecule has 0 aliphatic rings. The van der Waals surface area contributed by atoms with Gasteiger partial charge in [-0.05, 0) is 20.8 Å². The highest BCUT2D eigenvalue weighted by atomic mass is 19.3. The third kappa shape index (κ3) is 5.13. The summed E-state index contributed by atoms with van der Waals surface area (Å²) in [6.07, 6.45) is 0. The second-order valence-corrected chi connectivity index (χ2v) is 3.77. The van der Waals surface area contributed by atoms with Gasteiger partial charge < -0.3 is 15.5 Å². The summed E-state index contributed by atoms with van der Waals surface area (Å²) in [4.78, 5) is 0. The lowest BCUT2D eigenvalue weighted by atomic mass is 10.0. The molecule has 0 rings (SSSR count). The van der Waals surface area contributed by atoms with Crippen molar-refractivity contribution in [2.45, 2.75) is 38.3 Å². The Morgan fingerprint density at radius 2 is 1.85 bits per heavy atom. The van der Waals surface area contributed by atoms with Gasteiger partial charge in [0.1, 0.15) is 6.61 Å². The van der Waals surface area contributed by atoms with E-state index in [-0.39, 0.29) is 0 Å². The van der Waals surface area contributed by atoms with Crippen LogP contribution in [0.2, 0.25) is 0 Å². The third-order valence-corrected chi connectivity index (χ3v) is 1.96. The molecule has 13 heavy (non-hydrogen) atoms. The van der Waals surface area contributed by atoms with Gasteiger partial charge >= 0.3 is 0 Å². The van der Waals surface area contributed by atoms with Gasteiger partial charge in [0.05, 0.1) is 12.1 Å². The quantitative estimate of drug-likeness (QED) is 0.596. The van der Waals surface area contributed by atoms with Gasteiger partial charge in [-0.1, -0.05) is 0 Å². The molecule has 0 spiro atoms. The Kier molecular flexibility index (Phi) is 4.22. The fourth-order valence-corrected chi connectivity index (χ4v) is 0.608. The number of alkyl halides is 2. The standard InChI is InChI=1S/C8H17F2NO2/c1-6(7(2,3)13)11-4-8(9,10)5-12/h6,11-13H,4-5H2,1-3H3. The molecule has 80 valence electrons. The molecule has 0 aliphatic carbocycles. The lowest BCUT2D eigenvalue weighted by Crippen LogP contribution is -2.49. The zero-order valence-electron chi connectivity index (χ0n) is 8.14. The van der Waals surface area contributed by atoms with Crippen molar-refractivity contribution >= 4 is 0 Å². The highest BCUT2D eigenvalue weighted by Crippen LogP contribution is 2.13. The number of rotatable bonds is 5. The average Bonchev–Trinajstić information content (AvgIpc) is 1.98. The van der Waals surface area contributed by atoms with Gasteiger partial charge in [-0.2, -0.15) is 0 Å². The molecule has 3 N–H and O–H groups in total. The van der Waals surface area contributed by atoms with Crippen LogP contribution in [-0.2, 0) is 0 Å². The van der Waals surface area contributed by atoms with Gasteiger partial charge in [-0.15, -0.1) is 0 Å². The van der Waals surface area contributed by atoms with Crippen LogP contribution < -0.4 is 5.32 Å². The van der Waals surface area contributed by atoms with E-state index < -0.39 is 30.7 Å². The van der Waals surface area contributed by atoms with E-state index in [9.17, 15) is 13.9 Å². The Bertz CT molecular complexity index is 157. The van der Waals surface area contributed by atoms with Gasteiger partial charge in [0.15, 0.2) is 0 Å². The van der Waals surface area contributed by atoms with Crippen LogP contribution in [0.1, 0.15) is 20.8 Å².